The minimum Gasteiger partial charge on any atom is -0.496 e. The van der Waals surface area contributed by atoms with Gasteiger partial charge < -0.3 is 39.3 Å². The molecule has 12 nitrogen and oxygen atoms in total. The highest BCUT2D eigenvalue weighted by Gasteiger charge is 2.80. The molecule has 3 fully saturated rings. The first kappa shape index (κ1) is 37.9. The second kappa shape index (κ2) is 13.5. The molecule has 1 saturated carbocycles. The minimum atomic E-state index is -2.23. The summed E-state index contributed by atoms with van der Waals surface area (Å²) in [5.74, 6) is -1.68. The summed E-state index contributed by atoms with van der Waals surface area (Å²) in [5, 5.41) is 18.1. The molecule has 57 heavy (non-hydrogen) atoms. The third-order valence-electron chi connectivity index (χ3n) is 15.0. The lowest BCUT2D eigenvalue weighted by molar-refractivity contribution is -0.228. The molecule has 10 unspecified atom stereocenters. The first-order chi connectivity index (χ1) is 27.4. The van der Waals surface area contributed by atoms with E-state index in [1.54, 1.807) is 7.11 Å². The lowest BCUT2D eigenvalue weighted by atomic mass is 9.47. The van der Waals surface area contributed by atoms with Gasteiger partial charge >= 0.3 is 17.9 Å². The van der Waals surface area contributed by atoms with E-state index in [0.29, 0.717) is 44.5 Å². The van der Waals surface area contributed by atoms with Gasteiger partial charge in [-0.2, -0.15) is 0 Å². The van der Waals surface area contributed by atoms with Crippen LogP contribution in [-0.4, -0.2) is 111 Å². The molecule has 1 aromatic heterocycles. The fraction of sp³-hybridized carbons (Fsp3) is 0.533. The number of ether oxygens (including phenoxy) is 4. The number of aliphatic hydroxyl groups is 1. The molecule has 12 heteroatoms. The lowest BCUT2D eigenvalue weighted by Crippen LogP contribution is -2.81. The summed E-state index contributed by atoms with van der Waals surface area (Å²) in [6, 6.07) is 11.5. The van der Waals surface area contributed by atoms with E-state index in [1.807, 2.05) is 31.9 Å². The fourth-order valence-corrected chi connectivity index (χ4v) is 13.0. The van der Waals surface area contributed by atoms with Crippen molar-refractivity contribution in [3.63, 3.8) is 0 Å². The highest BCUT2D eigenvalue weighted by molar-refractivity contribution is 5.88. The van der Waals surface area contributed by atoms with E-state index in [0.717, 1.165) is 45.5 Å². The number of hydrogen-bond acceptors (Lipinski definition) is 11. The first-order valence-electron chi connectivity index (χ1n) is 20.4. The van der Waals surface area contributed by atoms with E-state index in [4.69, 9.17) is 18.9 Å². The van der Waals surface area contributed by atoms with Crippen LogP contribution in [0.2, 0.25) is 0 Å². The molecule has 5 heterocycles. The van der Waals surface area contributed by atoms with Crippen molar-refractivity contribution >= 4 is 34.5 Å². The van der Waals surface area contributed by atoms with E-state index in [-0.39, 0.29) is 29.9 Å². The molecular formula is C45H54N4O8. The Balaban J connectivity index is 1.32. The number of rotatable bonds is 6. The van der Waals surface area contributed by atoms with Crippen LogP contribution >= 0.6 is 0 Å². The van der Waals surface area contributed by atoms with Gasteiger partial charge in [-0.15, -0.1) is 0 Å². The number of benzene rings is 2. The zero-order chi connectivity index (χ0) is 40.2. The number of fused-ring (bicyclic) bond motifs is 6. The smallest absolute Gasteiger partial charge is 0.344 e. The number of anilines is 1. The number of nitrogens with one attached hydrogen (secondary N) is 2. The summed E-state index contributed by atoms with van der Waals surface area (Å²) >= 11 is 0. The highest BCUT2D eigenvalue weighted by Crippen LogP contribution is 2.68. The molecule has 302 valence electrons. The molecule has 6 aliphatic rings. The Labute approximate surface area is 333 Å². The fourth-order valence-electron chi connectivity index (χ4n) is 13.0. The van der Waals surface area contributed by atoms with Crippen molar-refractivity contribution in [2.24, 2.45) is 17.3 Å². The van der Waals surface area contributed by atoms with Crippen molar-refractivity contribution in [2.45, 2.75) is 87.6 Å². The van der Waals surface area contributed by atoms with Crippen molar-refractivity contribution in [3.05, 3.63) is 82.6 Å². The Morgan fingerprint density at radius 1 is 1.09 bits per heavy atom. The van der Waals surface area contributed by atoms with Gasteiger partial charge in [0.1, 0.15) is 5.75 Å². The third kappa shape index (κ3) is 4.93. The molecule has 10 atom stereocenters. The number of carbonyl (C=O) groups is 3. The number of nitrogens with zero attached hydrogens (tertiary/aromatic N) is 2. The van der Waals surface area contributed by atoms with Gasteiger partial charge in [0.2, 0.25) is 5.60 Å². The van der Waals surface area contributed by atoms with Crippen molar-refractivity contribution < 1.29 is 38.4 Å². The molecule has 1 spiro atoms. The lowest BCUT2D eigenvalue weighted by Gasteiger charge is -2.63. The molecule has 2 saturated heterocycles. The molecule has 4 aliphatic heterocycles. The van der Waals surface area contributed by atoms with Gasteiger partial charge in [-0.05, 0) is 68.3 Å². The minimum absolute atomic E-state index is 0.105. The number of aromatic nitrogens is 1. The first-order valence-corrected chi connectivity index (χ1v) is 20.4. The van der Waals surface area contributed by atoms with Gasteiger partial charge in [0.15, 0.2) is 6.10 Å². The van der Waals surface area contributed by atoms with E-state index in [9.17, 15) is 19.5 Å². The largest absolute Gasteiger partial charge is 0.496 e. The molecule has 0 amide bonds. The summed E-state index contributed by atoms with van der Waals surface area (Å²) in [6.45, 7) is 7.52. The zero-order valence-corrected chi connectivity index (χ0v) is 33.9. The van der Waals surface area contributed by atoms with Crippen molar-refractivity contribution in [1.82, 2.24) is 15.2 Å². The van der Waals surface area contributed by atoms with Gasteiger partial charge in [-0.3, -0.25) is 14.5 Å². The van der Waals surface area contributed by atoms with Crippen molar-refractivity contribution in [2.75, 3.05) is 52.9 Å². The molecule has 3 aromatic rings. The van der Waals surface area contributed by atoms with Crippen LogP contribution in [0.5, 0.6) is 5.75 Å². The maximum Gasteiger partial charge on any atom is 0.344 e. The molecule has 2 aliphatic carbocycles. The van der Waals surface area contributed by atoms with Crippen LogP contribution in [0.1, 0.15) is 68.3 Å². The maximum absolute atomic E-state index is 14.3. The Morgan fingerprint density at radius 3 is 2.58 bits per heavy atom. The Kier molecular flexibility index (Phi) is 8.95. The van der Waals surface area contributed by atoms with Crippen LogP contribution in [0.15, 0.2) is 60.2 Å². The number of piperidine rings is 1. The van der Waals surface area contributed by atoms with E-state index in [1.165, 1.54) is 26.7 Å². The number of carbonyl (C=O) groups excluding carboxylic acids is 3. The molecule has 9 rings (SSSR count). The SMILES string of the molecule is CC=C1CNC2Cc3c([nH]c4ccccc34)C(c3cc4c(cc3OC)N(C)C3C(O)(C(=O)OC)C(OC(C)=O)C5(CC)C=CCN6CCC43C65)CC1C2C(=O)OC. The molecule has 2 bridgehead atoms. The summed E-state index contributed by atoms with van der Waals surface area (Å²) in [4.78, 5) is 49.4. The monoisotopic (exact) mass is 778 g/mol. The van der Waals surface area contributed by atoms with Gasteiger partial charge in [-0.25, -0.2) is 4.79 Å². The van der Waals surface area contributed by atoms with Crippen LogP contribution in [0.3, 0.4) is 0 Å². The maximum atomic E-state index is 14.3. The van der Waals surface area contributed by atoms with Gasteiger partial charge in [0.05, 0.1) is 33.3 Å². The quantitative estimate of drug-likeness (QED) is 0.185. The van der Waals surface area contributed by atoms with Crippen LogP contribution in [0.4, 0.5) is 5.69 Å². The topological polar surface area (TPSA) is 143 Å². The van der Waals surface area contributed by atoms with E-state index < -0.39 is 46.4 Å². The van der Waals surface area contributed by atoms with Crippen LogP contribution in [0, 0.1) is 17.3 Å². The summed E-state index contributed by atoms with van der Waals surface area (Å²) in [6.07, 6.45) is 7.53. The highest BCUT2D eigenvalue weighted by atomic mass is 16.6. The van der Waals surface area contributed by atoms with Gasteiger partial charge in [-0.1, -0.05) is 48.9 Å². The Bertz CT molecular complexity index is 2230. The number of hydrogen-bond donors (Lipinski definition) is 3. The average Bonchev–Trinajstić information content (AvgIpc) is 3.86. The number of esters is 3. The normalized spacial score (nSPS) is 35.8. The summed E-state index contributed by atoms with van der Waals surface area (Å²) in [5.41, 5.74) is 3.38. The van der Waals surface area contributed by atoms with E-state index >= 15 is 0 Å². The Morgan fingerprint density at radius 2 is 1.88 bits per heavy atom. The average molecular weight is 779 g/mol. The molecule has 3 N–H and O–H groups in total. The van der Waals surface area contributed by atoms with Crippen molar-refractivity contribution in [3.8, 4) is 5.75 Å². The molecule has 2 aromatic carbocycles. The molecular weight excluding hydrogens is 725 g/mol. The van der Waals surface area contributed by atoms with Gasteiger partial charge in [0.25, 0.3) is 0 Å². The number of para-hydroxylation sites is 1. The molecule has 0 radical (unpaired) electrons. The number of likely N-dealkylation sites (N-methyl/N-ethyl adjacent to an activating group) is 1. The van der Waals surface area contributed by atoms with Crippen LogP contribution in [-0.2, 0) is 40.4 Å². The van der Waals surface area contributed by atoms with Gasteiger partial charge in [0, 0.05) is 89.8 Å². The summed E-state index contributed by atoms with van der Waals surface area (Å²) in [7, 11) is 6.35. The number of aromatic amines is 1. The number of H-pyrrole nitrogens is 1. The predicted octanol–water partition coefficient (Wildman–Crippen LogP) is 4.52. The number of allylic oxidation sites excluding steroid dienone is 1. The second-order valence-corrected chi connectivity index (χ2v) is 17.0. The second-order valence-electron chi connectivity index (χ2n) is 17.0. The van der Waals surface area contributed by atoms with Crippen LogP contribution < -0.4 is 15.0 Å². The number of methoxy groups -OCH3 is 3. The zero-order valence-electron chi connectivity index (χ0n) is 33.9. The predicted molar refractivity (Wildman–Crippen MR) is 214 cm³/mol. The standard InChI is InChI=1S/C45H54N4O8/c1-8-25-23-46-33-21-30-26-13-10-11-14-32(26)47-37(30)29(19-27(25)36(33)38(51)55-6)28-20-31-34(22-35(28)54-5)48(4)40-44(31)16-18-49-17-12-15-43(9-2,39(44)49)41(57-24(3)50)45(40,53)42(52)56-7/h8,10-15,20,22,27,29,33,36,39-41,46-47,53H,9,16-19,21,23H2,1-7H3. The third-order valence-corrected chi connectivity index (χ3v) is 15.0. The summed E-state index contributed by atoms with van der Waals surface area (Å²) < 4.78 is 23.5. The van der Waals surface area contributed by atoms with E-state index in [2.05, 4.69) is 63.8 Å². The van der Waals surface area contributed by atoms with Crippen molar-refractivity contribution in [1.29, 1.82) is 0 Å². The Hall–Kier alpha value is -4.65. The van der Waals surface area contributed by atoms with Crippen LogP contribution in [0.25, 0.3) is 10.9 Å².